The van der Waals surface area contributed by atoms with Gasteiger partial charge in [-0.3, -0.25) is 9.59 Å². The van der Waals surface area contributed by atoms with Gasteiger partial charge in [-0.2, -0.15) is 0 Å². The largest absolute Gasteiger partial charge is 0.394 e. The number of carbonyl (C=O) groups is 2. The van der Waals surface area contributed by atoms with E-state index < -0.39 is 0 Å². The Kier molecular flexibility index (Phi) is 5.65. The van der Waals surface area contributed by atoms with Crippen molar-refractivity contribution >= 4 is 23.2 Å². The summed E-state index contributed by atoms with van der Waals surface area (Å²) >= 11 is 1.32. The maximum absolute atomic E-state index is 11.5. The van der Waals surface area contributed by atoms with Crippen LogP contribution in [0, 0.1) is 0 Å². The van der Waals surface area contributed by atoms with Crippen LogP contribution >= 0.6 is 11.3 Å². The molecule has 1 rings (SSSR count). The zero-order valence-electron chi connectivity index (χ0n) is 9.60. The summed E-state index contributed by atoms with van der Waals surface area (Å²) in [6.07, 6.45) is 0.654. The van der Waals surface area contributed by atoms with Crippen molar-refractivity contribution in [3.05, 3.63) is 22.4 Å². The third kappa shape index (κ3) is 4.54. The van der Waals surface area contributed by atoms with Crippen LogP contribution in [0.3, 0.4) is 0 Å². The molecule has 0 aliphatic carbocycles. The Morgan fingerprint density at radius 2 is 2.29 bits per heavy atom. The van der Waals surface area contributed by atoms with E-state index >= 15 is 0 Å². The number of hydrogen-bond donors (Lipinski definition) is 3. The van der Waals surface area contributed by atoms with Crippen molar-refractivity contribution < 1.29 is 14.7 Å². The fourth-order valence-electron chi connectivity index (χ4n) is 1.21. The summed E-state index contributed by atoms with van der Waals surface area (Å²) in [5, 5.41) is 15.8. The molecule has 3 N–H and O–H groups in total. The number of nitrogens with one attached hydrogen (secondary N) is 2. The van der Waals surface area contributed by atoms with Crippen molar-refractivity contribution in [1.82, 2.24) is 10.6 Å². The highest BCUT2D eigenvalue weighted by atomic mass is 32.1. The number of aliphatic hydroxyl groups is 1. The number of rotatable bonds is 6. The molecule has 1 aromatic rings. The van der Waals surface area contributed by atoms with Crippen LogP contribution in [0.25, 0.3) is 0 Å². The van der Waals surface area contributed by atoms with Crippen LogP contribution in [-0.2, 0) is 4.79 Å². The Morgan fingerprint density at radius 3 is 2.82 bits per heavy atom. The fourth-order valence-corrected chi connectivity index (χ4v) is 1.85. The number of carbonyl (C=O) groups excluding carboxylic acids is 2. The molecule has 0 saturated carbocycles. The van der Waals surface area contributed by atoms with Gasteiger partial charge in [0.05, 0.1) is 24.1 Å². The maximum atomic E-state index is 11.5. The van der Waals surface area contributed by atoms with Crippen molar-refractivity contribution in [2.24, 2.45) is 0 Å². The van der Waals surface area contributed by atoms with Crippen LogP contribution in [-0.4, -0.2) is 36.1 Å². The second-order valence-corrected chi connectivity index (χ2v) is 4.46. The first kappa shape index (κ1) is 13.7. The van der Waals surface area contributed by atoms with Crippen LogP contribution < -0.4 is 10.6 Å². The lowest BCUT2D eigenvalue weighted by atomic mass is 10.2. The highest BCUT2D eigenvalue weighted by Gasteiger charge is 2.11. The van der Waals surface area contributed by atoms with Gasteiger partial charge in [0, 0.05) is 0 Å². The molecule has 1 aromatic heterocycles. The zero-order chi connectivity index (χ0) is 12.7. The first-order valence-corrected chi connectivity index (χ1v) is 6.27. The number of aliphatic hydroxyl groups excluding tert-OH is 1. The van der Waals surface area contributed by atoms with E-state index in [9.17, 15) is 9.59 Å². The molecule has 0 aliphatic rings. The first-order chi connectivity index (χ1) is 8.17. The lowest BCUT2D eigenvalue weighted by Gasteiger charge is -2.13. The summed E-state index contributed by atoms with van der Waals surface area (Å²) in [6, 6.07) is 3.22. The first-order valence-electron chi connectivity index (χ1n) is 5.39. The Balaban J connectivity index is 2.31. The summed E-state index contributed by atoms with van der Waals surface area (Å²) in [6.45, 7) is 1.69. The third-order valence-corrected chi connectivity index (χ3v) is 3.10. The summed E-state index contributed by atoms with van der Waals surface area (Å²) in [5.41, 5.74) is 0. The smallest absolute Gasteiger partial charge is 0.261 e. The van der Waals surface area contributed by atoms with Crippen molar-refractivity contribution in [3.8, 4) is 0 Å². The van der Waals surface area contributed by atoms with Gasteiger partial charge in [0.1, 0.15) is 0 Å². The molecule has 0 spiro atoms. The normalized spacial score (nSPS) is 11.9. The quantitative estimate of drug-likeness (QED) is 0.688. The van der Waals surface area contributed by atoms with E-state index in [4.69, 9.17) is 5.11 Å². The summed E-state index contributed by atoms with van der Waals surface area (Å²) in [4.78, 5) is 23.5. The Labute approximate surface area is 104 Å². The lowest BCUT2D eigenvalue weighted by molar-refractivity contribution is -0.121. The van der Waals surface area contributed by atoms with Gasteiger partial charge < -0.3 is 15.7 Å². The summed E-state index contributed by atoms with van der Waals surface area (Å²) in [5.74, 6) is -0.553. The van der Waals surface area contributed by atoms with Gasteiger partial charge in [0.25, 0.3) is 5.91 Å². The molecule has 0 fully saturated rings. The highest BCUT2D eigenvalue weighted by molar-refractivity contribution is 7.12. The van der Waals surface area contributed by atoms with E-state index in [1.165, 1.54) is 11.3 Å². The third-order valence-electron chi connectivity index (χ3n) is 2.23. The lowest BCUT2D eigenvalue weighted by Crippen LogP contribution is -2.43. The van der Waals surface area contributed by atoms with E-state index in [-0.39, 0.29) is 31.0 Å². The second kappa shape index (κ2) is 7.03. The van der Waals surface area contributed by atoms with Crippen LogP contribution in [0.4, 0.5) is 0 Å². The van der Waals surface area contributed by atoms with Gasteiger partial charge in [0.2, 0.25) is 5.91 Å². The van der Waals surface area contributed by atoms with Crippen LogP contribution in [0.1, 0.15) is 23.0 Å². The molecule has 0 saturated heterocycles. The van der Waals surface area contributed by atoms with E-state index in [1.54, 1.807) is 17.5 Å². The molecule has 94 valence electrons. The van der Waals surface area contributed by atoms with E-state index in [1.807, 2.05) is 6.92 Å². The average molecular weight is 256 g/mol. The predicted octanol–water partition coefficient (Wildman–Crippen LogP) is 0.365. The Morgan fingerprint density at radius 1 is 1.53 bits per heavy atom. The molecule has 0 radical (unpaired) electrons. The molecule has 1 atom stereocenters. The molecular weight excluding hydrogens is 240 g/mol. The predicted molar refractivity (Wildman–Crippen MR) is 66.0 cm³/mol. The van der Waals surface area contributed by atoms with Crippen molar-refractivity contribution in [3.63, 3.8) is 0 Å². The van der Waals surface area contributed by atoms with E-state index in [0.29, 0.717) is 11.3 Å². The standard InChI is InChI=1S/C11H16N2O3S/c1-2-8(7-14)13-10(15)6-12-11(16)9-4-3-5-17-9/h3-5,8,14H,2,6-7H2,1H3,(H,12,16)(H,13,15). The molecule has 1 heterocycles. The maximum Gasteiger partial charge on any atom is 0.261 e. The Hall–Kier alpha value is -1.40. The molecule has 1 unspecified atom stereocenters. The molecule has 0 bridgehead atoms. The zero-order valence-corrected chi connectivity index (χ0v) is 10.4. The van der Waals surface area contributed by atoms with Gasteiger partial charge in [-0.25, -0.2) is 0 Å². The van der Waals surface area contributed by atoms with Crippen LogP contribution in [0.2, 0.25) is 0 Å². The van der Waals surface area contributed by atoms with Gasteiger partial charge in [-0.15, -0.1) is 11.3 Å². The summed E-state index contributed by atoms with van der Waals surface area (Å²) in [7, 11) is 0. The SMILES string of the molecule is CCC(CO)NC(=O)CNC(=O)c1cccs1. The van der Waals surface area contributed by atoms with Gasteiger partial charge >= 0.3 is 0 Å². The van der Waals surface area contributed by atoms with Crippen molar-refractivity contribution in [2.75, 3.05) is 13.2 Å². The number of amides is 2. The van der Waals surface area contributed by atoms with E-state index in [0.717, 1.165) is 0 Å². The number of hydrogen-bond acceptors (Lipinski definition) is 4. The van der Waals surface area contributed by atoms with Gasteiger partial charge in [0.15, 0.2) is 0 Å². The van der Waals surface area contributed by atoms with Gasteiger partial charge in [-0.05, 0) is 17.9 Å². The number of thiophene rings is 1. The topological polar surface area (TPSA) is 78.4 Å². The molecular formula is C11H16N2O3S. The van der Waals surface area contributed by atoms with Crippen LogP contribution in [0.15, 0.2) is 17.5 Å². The Bertz CT molecular complexity index is 361. The molecule has 6 heteroatoms. The minimum atomic E-state index is -0.296. The molecule has 0 aromatic carbocycles. The van der Waals surface area contributed by atoms with Crippen molar-refractivity contribution in [2.45, 2.75) is 19.4 Å². The van der Waals surface area contributed by atoms with E-state index in [2.05, 4.69) is 10.6 Å². The van der Waals surface area contributed by atoms with Crippen molar-refractivity contribution in [1.29, 1.82) is 0 Å². The van der Waals surface area contributed by atoms with Gasteiger partial charge in [-0.1, -0.05) is 13.0 Å². The molecule has 2 amide bonds. The summed E-state index contributed by atoms with van der Waals surface area (Å²) < 4.78 is 0. The molecule has 17 heavy (non-hydrogen) atoms. The minimum Gasteiger partial charge on any atom is -0.394 e. The monoisotopic (exact) mass is 256 g/mol. The minimum absolute atomic E-state index is 0.0762. The highest BCUT2D eigenvalue weighted by Crippen LogP contribution is 2.07. The average Bonchev–Trinajstić information content (AvgIpc) is 2.86. The molecule has 5 nitrogen and oxygen atoms in total. The fraction of sp³-hybridized carbons (Fsp3) is 0.455. The molecule has 0 aliphatic heterocycles. The second-order valence-electron chi connectivity index (χ2n) is 3.52. The van der Waals surface area contributed by atoms with Crippen LogP contribution in [0.5, 0.6) is 0 Å².